The second kappa shape index (κ2) is 5.11. The third kappa shape index (κ3) is 2.58. The number of nitrogens with zero attached hydrogens (tertiary/aromatic N) is 2. The molecule has 1 aliphatic rings. The summed E-state index contributed by atoms with van der Waals surface area (Å²) in [5.74, 6) is 0.0596. The number of aliphatic imine (C=N–C) groups is 1. The highest BCUT2D eigenvalue weighted by atomic mass is 32.2. The molecule has 5 nitrogen and oxygen atoms in total. The van der Waals surface area contributed by atoms with Crippen LogP contribution in [0, 0.1) is 0 Å². The summed E-state index contributed by atoms with van der Waals surface area (Å²) < 4.78 is 8.22. The Balaban J connectivity index is 1.81. The molecule has 1 aliphatic heterocycles. The third-order valence-corrected chi connectivity index (χ3v) is 3.23. The first kappa shape index (κ1) is 11.7. The molecule has 0 radical (unpaired) electrons. The van der Waals surface area contributed by atoms with Crippen molar-refractivity contribution in [2.75, 3.05) is 0 Å². The summed E-state index contributed by atoms with van der Waals surface area (Å²) in [5.41, 5.74) is 1.27. The Morgan fingerprint density at radius 2 is 2.26 bits per heavy atom. The Kier molecular flexibility index (Phi) is 3.16. The Labute approximate surface area is 113 Å². The molecule has 0 aliphatic carbocycles. The van der Waals surface area contributed by atoms with Gasteiger partial charge in [0.25, 0.3) is 0 Å². The lowest BCUT2D eigenvalue weighted by molar-refractivity contribution is 0.0734. The number of ether oxygens (including phenoxy) is 1. The summed E-state index contributed by atoms with van der Waals surface area (Å²) >= 11 is 1.42. The summed E-state index contributed by atoms with van der Waals surface area (Å²) in [6.45, 7) is 0. The highest BCUT2D eigenvalue weighted by Gasteiger charge is 2.12. The molecule has 0 amide bonds. The summed E-state index contributed by atoms with van der Waals surface area (Å²) in [4.78, 5) is 20.8. The number of hydrogen-bond acceptors (Lipinski definition) is 6. The molecule has 3 rings (SSSR count). The van der Waals surface area contributed by atoms with Crippen molar-refractivity contribution in [1.29, 1.82) is 0 Å². The molecule has 0 saturated heterocycles. The molecule has 94 valence electrons. The van der Waals surface area contributed by atoms with Gasteiger partial charge in [-0.05, 0) is 42.3 Å². The number of nitrogens with one attached hydrogen (secondary N) is 1. The minimum Gasteiger partial charge on any atom is -0.423 e. The molecule has 0 spiro atoms. The monoisotopic (exact) mass is 271 g/mol. The topological polar surface area (TPSA) is 63.6 Å². The zero-order chi connectivity index (χ0) is 13.1. The number of fused-ring (bicyclic) bond motifs is 1. The quantitative estimate of drug-likeness (QED) is 0.516. The van der Waals surface area contributed by atoms with Crippen molar-refractivity contribution in [2.45, 2.75) is 4.90 Å². The van der Waals surface area contributed by atoms with Gasteiger partial charge in [-0.15, -0.1) is 0 Å². The lowest BCUT2D eigenvalue weighted by Crippen LogP contribution is -2.09. The lowest BCUT2D eigenvalue weighted by Gasteiger charge is -2.11. The van der Waals surface area contributed by atoms with Gasteiger partial charge in [-0.25, -0.2) is 9.79 Å². The molecule has 19 heavy (non-hydrogen) atoms. The first-order valence-corrected chi connectivity index (χ1v) is 6.36. The van der Waals surface area contributed by atoms with E-state index in [2.05, 4.69) is 14.7 Å². The van der Waals surface area contributed by atoms with Gasteiger partial charge in [-0.1, -0.05) is 0 Å². The van der Waals surface area contributed by atoms with E-state index in [9.17, 15) is 4.79 Å². The summed E-state index contributed by atoms with van der Waals surface area (Å²) in [6.07, 6.45) is 4.70. The van der Waals surface area contributed by atoms with Crippen molar-refractivity contribution in [2.24, 2.45) is 4.99 Å². The van der Waals surface area contributed by atoms with Gasteiger partial charge in [-0.2, -0.15) is 0 Å². The van der Waals surface area contributed by atoms with Gasteiger partial charge in [-0.3, -0.25) is 4.98 Å². The van der Waals surface area contributed by atoms with Crippen LogP contribution in [-0.4, -0.2) is 17.3 Å². The van der Waals surface area contributed by atoms with Crippen LogP contribution in [0.1, 0.15) is 10.4 Å². The summed E-state index contributed by atoms with van der Waals surface area (Å²) in [6, 6.07) is 8.66. The molecule has 0 fully saturated rings. The van der Waals surface area contributed by atoms with Gasteiger partial charge < -0.3 is 9.46 Å². The van der Waals surface area contributed by atoms with E-state index in [1.165, 1.54) is 18.1 Å². The number of aromatic nitrogens is 1. The molecule has 2 heterocycles. The third-order valence-electron chi connectivity index (χ3n) is 2.46. The Hall–Kier alpha value is -2.34. The molecule has 6 heteroatoms. The van der Waals surface area contributed by atoms with E-state index in [0.717, 1.165) is 10.6 Å². The molecular formula is C13H9N3O2S. The van der Waals surface area contributed by atoms with E-state index in [1.807, 2.05) is 6.07 Å². The van der Waals surface area contributed by atoms with Gasteiger partial charge in [0, 0.05) is 12.4 Å². The molecule has 0 atom stereocenters. The zero-order valence-corrected chi connectivity index (χ0v) is 10.6. The van der Waals surface area contributed by atoms with Gasteiger partial charge in [0.2, 0.25) is 0 Å². The average molecular weight is 271 g/mol. The van der Waals surface area contributed by atoms with Crippen LogP contribution < -0.4 is 9.46 Å². The van der Waals surface area contributed by atoms with Gasteiger partial charge in [0.15, 0.2) is 0 Å². The number of hydrogen-bond donors (Lipinski definition) is 1. The predicted molar refractivity (Wildman–Crippen MR) is 72.8 cm³/mol. The fourth-order valence-electron chi connectivity index (χ4n) is 1.58. The van der Waals surface area contributed by atoms with Crippen LogP contribution in [-0.2, 0) is 0 Å². The first-order valence-electron chi connectivity index (χ1n) is 5.54. The molecule has 1 aromatic carbocycles. The molecular weight excluding hydrogens is 262 g/mol. The number of carbonyl (C=O) groups is 1. The largest absolute Gasteiger partial charge is 0.423 e. The fourth-order valence-corrected chi connectivity index (χ4v) is 2.21. The van der Waals surface area contributed by atoms with E-state index >= 15 is 0 Å². The number of benzene rings is 1. The number of pyridine rings is 1. The normalized spacial score (nSPS) is 12.4. The lowest BCUT2D eigenvalue weighted by atomic mass is 10.3. The number of rotatable bonds is 2. The van der Waals surface area contributed by atoms with Crippen LogP contribution >= 0.6 is 11.9 Å². The van der Waals surface area contributed by atoms with Gasteiger partial charge in [0.05, 0.1) is 22.5 Å². The van der Waals surface area contributed by atoms with Crippen molar-refractivity contribution >= 4 is 29.9 Å². The maximum atomic E-state index is 11.9. The maximum absolute atomic E-state index is 11.9. The molecule has 0 bridgehead atoms. The van der Waals surface area contributed by atoms with Gasteiger partial charge in [0.1, 0.15) is 5.75 Å². The smallest absolute Gasteiger partial charge is 0.345 e. The summed E-state index contributed by atoms with van der Waals surface area (Å²) in [7, 11) is 0. The molecule has 0 saturated carbocycles. The van der Waals surface area contributed by atoms with Crippen molar-refractivity contribution in [3.63, 3.8) is 0 Å². The average Bonchev–Trinajstić information content (AvgIpc) is 2.48. The molecule has 0 unspecified atom stereocenters. The van der Waals surface area contributed by atoms with Crippen LogP contribution in [0.3, 0.4) is 0 Å². The van der Waals surface area contributed by atoms with E-state index < -0.39 is 5.97 Å². The van der Waals surface area contributed by atoms with E-state index in [0.29, 0.717) is 11.3 Å². The highest BCUT2D eigenvalue weighted by Crippen LogP contribution is 2.33. The van der Waals surface area contributed by atoms with Crippen molar-refractivity contribution < 1.29 is 9.53 Å². The van der Waals surface area contributed by atoms with Crippen LogP contribution in [0.2, 0.25) is 0 Å². The SMILES string of the molecule is O=C(Oc1ccc2c(c1)SNC=N2)c1cccnc1. The fraction of sp³-hybridized carbons (Fsp3) is 0. The number of carbonyl (C=O) groups excluding carboxylic acids is 1. The van der Waals surface area contributed by atoms with Crippen molar-refractivity contribution in [1.82, 2.24) is 9.71 Å². The number of esters is 1. The van der Waals surface area contributed by atoms with E-state index in [4.69, 9.17) is 4.74 Å². The Bertz CT molecular complexity index is 644. The van der Waals surface area contributed by atoms with Crippen LogP contribution in [0.4, 0.5) is 5.69 Å². The van der Waals surface area contributed by atoms with Gasteiger partial charge >= 0.3 is 5.97 Å². The summed E-state index contributed by atoms with van der Waals surface area (Å²) in [5, 5.41) is 0. The standard InChI is InChI=1S/C13H9N3O2S/c17-13(9-2-1-5-14-7-9)18-10-3-4-11-12(6-10)19-16-8-15-11/h1-8H,(H,15,16). The van der Waals surface area contributed by atoms with Crippen molar-refractivity contribution in [3.8, 4) is 5.75 Å². The molecule has 1 N–H and O–H groups in total. The maximum Gasteiger partial charge on any atom is 0.345 e. The predicted octanol–water partition coefficient (Wildman–Crippen LogP) is 2.57. The van der Waals surface area contributed by atoms with E-state index in [1.54, 1.807) is 36.8 Å². The molecule has 2 aromatic rings. The first-order chi connectivity index (χ1) is 9.33. The van der Waals surface area contributed by atoms with Crippen LogP contribution in [0.15, 0.2) is 52.6 Å². The Morgan fingerprint density at radius 3 is 3.11 bits per heavy atom. The van der Waals surface area contributed by atoms with Crippen LogP contribution in [0.5, 0.6) is 5.75 Å². The zero-order valence-electron chi connectivity index (χ0n) is 9.74. The van der Waals surface area contributed by atoms with E-state index in [-0.39, 0.29) is 0 Å². The second-order valence-corrected chi connectivity index (χ2v) is 4.62. The highest BCUT2D eigenvalue weighted by molar-refractivity contribution is 7.98. The molecule has 1 aromatic heterocycles. The second-order valence-electron chi connectivity index (χ2n) is 3.74. The van der Waals surface area contributed by atoms with Crippen molar-refractivity contribution in [3.05, 3.63) is 48.3 Å². The van der Waals surface area contributed by atoms with Crippen LogP contribution in [0.25, 0.3) is 0 Å². The minimum absolute atomic E-state index is 0.420. The minimum atomic E-state index is -0.426. The Morgan fingerprint density at radius 1 is 1.32 bits per heavy atom.